The van der Waals surface area contributed by atoms with Gasteiger partial charge in [-0.15, -0.1) is 0 Å². The fourth-order valence-corrected chi connectivity index (χ4v) is 5.28. The Balaban J connectivity index is 1.65. The number of carbonyl (C=O) groups is 1. The van der Waals surface area contributed by atoms with Crippen LogP contribution in [0, 0.1) is 12.7 Å². The zero-order chi connectivity index (χ0) is 23.6. The largest absolute Gasteiger partial charge is 0.336 e. The average Bonchev–Trinajstić information content (AvgIpc) is 2.79. The van der Waals surface area contributed by atoms with E-state index in [2.05, 4.69) is 9.88 Å². The van der Waals surface area contributed by atoms with Crippen molar-refractivity contribution in [1.82, 2.24) is 14.8 Å². The molecule has 1 atom stereocenters. The van der Waals surface area contributed by atoms with Crippen LogP contribution in [-0.4, -0.2) is 61.5 Å². The van der Waals surface area contributed by atoms with E-state index in [-0.39, 0.29) is 16.6 Å². The van der Waals surface area contributed by atoms with Gasteiger partial charge in [-0.05, 0) is 47.9 Å². The van der Waals surface area contributed by atoms with Gasteiger partial charge in [0.1, 0.15) is 5.82 Å². The summed E-state index contributed by atoms with van der Waals surface area (Å²) < 4.78 is 39.2. The van der Waals surface area contributed by atoms with Crippen molar-refractivity contribution in [1.29, 1.82) is 0 Å². The van der Waals surface area contributed by atoms with Crippen LogP contribution in [0.5, 0.6) is 0 Å². The molecular weight excluding hydrogens is 441 g/mol. The number of benzene rings is 2. The Morgan fingerprint density at radius 3 is 2.39 bits per heavy atom. The Morgan fingerprint density at radius 2 is 1.73 bits per heavy atom. The Hall–Kier alpha value is -3.10. The second-order valence-corrected chi connectivity index (χ2v) is 10.3. The molecule has 0 spiro atoms. The van der Waals surface area contributed by atoms with Gasteiger partial charge in [0, 0.05) is 44.8 Å². The molecule has 33 heavy (non-hydrogen) atoms. The summed E-state index contributed by atoms with van der Waals surface area (Å²) in [4.78, 5) is 21.2. The van der Waals surface area contributed by atoms with E-state index in [1.54, 1.807) is 47.6 Å². The van der Waals surface area contributed by atoms with E-state index in [1.807, 2.05) is 19.1 Å². The number of pyridine rings is 1. The van der Waals surface area contributed by atoms with Gasteiger partial charge in [-0.25, -0.2) is 12.8 Å². The van der Waals surface area contributed by atoms with Gasteiger partial charge in [0.05, 0.1) is 16.5 Å². The molecule has 0 radical (unpaired) electrons. The molecule has 0 aliphatic carbocycles. The molecule has 0 saturated carbocycles. The van der Waals surface area contributed by atoms with Crippen molar-refractivity contribution in [3.8, 4) is 0 Å². The lowest BCUT2D eigenvalue weighted by atomic mass is 9.96. The summed E-state index contributed by atoms with van der Waals surface area (Å²) in [5.41, 5.74) is 2.75. The monoisotopic (exact) mass is 467 g/mol. The number of aryl methyl sites for hydroxylation is 1. The van der Waals surface area contributed by atoms with Gasteiger partial charge < -0.3 is 4.90 Å². The maximum Gasteiger partial charge on any atom is 0.255 e. The summed E-state index contributed by atoms with van der Waals surface area (Å²) in [6, 6.07) is 14.5. The van der Waals surface area contributed by atoms with E-state index in [0.29, 0.717) is 42.9 Å². The Labute approximate surface area is 193 Å². The maximum absolute atomic E-state index is 14.1. The van der Waals surface area contributed by atoms with E-state index < -0.39 is 15.9 Å². The lowest BCUT2D eigenvalue weighted by molar-refractivity contribution is 0.0595. The summed E-state index contributed by atoms with van der Waals surface area (Å²) in [6.45, 7) is 3.87. The number of aromatic nitrogens is 1. The van der Waals surface area contributed by atoms with Crippen LogP contribution >= 0.6 is 0 Å². The number of carbonyl (C=O) groups excluding carboxylic acids is 1. The summed E-state index contributed by atoms with van der Waals surface area (Å²) >= 11 is 0. The van der Waals surface area contributed by atoms with Crippen LogP contribution in [0.15, 0.2) is 71.9 Å². The fourth-order valence-electron chi connectivity index (χ4n) is 4.35. The van der Waals surface area contributed by atoms with Crippen LogP contribution in [0.25, 0.3) is 0 Å². The minimum atomic E-state index is -3.49. The van der Waals surface area contributed by atoms with Crippen LogP contribution in [0.2, 0.25) is 0 Å². The average molecular weight is 468 g/mol. The van der Waals surface area contributed by atoms with Gasteiger partial charge in [-0.1, -0.05) is 30.3 Å². The molecule has 1 aromatic heterocycles. The molecule has 8 heteroatoms. The number of sulfone groups is 1. The summed E-state index contributed by atoms with van der Waals surface area (Å²) in [5.74, 6) is -0.459. The zero-order valence-electron chi connectivity index (χ0n) is 18.6. The first-order valence-corrected chi connectivity index (χ1v) is 12.6. The third-order valence-corrected chi connectivity index (χ3v) is 7.04. The predicted molar refractivity (Wildman–Crippen MR) is 124 cm³/mol. The standard InChI is InChI=1S/C25H26FN3O3S/c1-18-14-20(17-27-16-18)25(30)29-12-10-28(11-13-29)24(19-6-5-7-21(26)15-19)22-8-3-4-9-23(22)33(2,31)32/h3-9,14-17,24H,10-13H2,1-2H3. The van der Waals surface area contributed by atoms with Gasteiger partial charge in [-0.3, -0.25) is 14.7 Å². The number of hydrogen-bond acceptors (Lipinski definition) is 5. The van der Waals surface area contributed by atoms with Crippen molar-refractivity contribution in [3.05, 3.63) is 95.1 Å². The highest BCUT2D eigenvalue weighted by Gasteiger charge is 2.31. The molecule has 3 aromatic rings. The summed E-state index contributed by atoms with van der Waals surface area (Å²) in [6.07, 6.45) is 4.46. The molecule has 0 N–H and O–H groups in total. The molecule has 1 saturated heterocycles. The molecule has 1 aliphatic heterocycles. The Morgan fingerprint density at radius 1 is 1.00 bits per heavy atom. The van der Waals surface area contributed by atoms with Crippen LogP contribution in [0.4, 0.5) is 4.39 Å². The van der Waals surface area contributed by atoms with Crippen molar-refractivity contribution < 1.29 is 17.6 Å². The van der Waals surface area contributed by atoms with Crippen LogP contribution < -0.4 is 0 Å². The first-order chi connectivity index (χ1) is 15.7. The van der Waals surface area contributed by atoms with Gasteiger partial charge in [0.25, 0.3) is 5.91 Å². The first kappa shape index (κ1) is 23.1. The summed E-state index contributed by atoms with van der Waals surface area (Å²) in [5, 5.41) is 0. The maximum atomic E-state index is 14.1. The number of rotatable bonds is 5. The molecule has 1 amide bonds. The van der Waals surface area contributed by atoms with Crippen LogP contribution in [0.3, 0.4) is 0 Å². The third kappa shape index (κ3) is 5.12. The number of halogens is 1. The van der Waals surface area contributed by atoms with Crippen molar-refractivity contribution >= 4 is 15.7 Å². The number of nitrogens with zero attached hydrogens (tertiary/aromatic N) is 3. The lowest BCUT2D eigenvalue weighted by Crippen LogP contribution is -2.50. The normalized spacial score (nSPS) is 15.9. The van der Waals surface area contributed by atoms with Crippen LogP contribution in [0.1, 0.15) is 33.1 Å². The highest BCUT2D eigenvalue weighted by atomic mass is 32.2. The molecule has 2 aromatic carbocycles. The van der Waals surface area contributed by atoms with Gasteiger partial charge in [0.2, 0.25) is 0 Å². The highest BCUT2D eigenvalue weighted by molar-refractivity contribution is 7.90. The number of piperazine rings is 1. The molecular formula is C25H26FN3O3S. The van der Waals surface area contributed by atoms with Gasteiger partial charge >= 0.3 is 0 Å². The van der Waals surface area contributed by atoms with Gasteiger partial charge in [-0.2, -0.15) is 0 Å². The van der Waals surface area contributed by atoms with Crippen molar-refractivity contribution in [2.24, 2.45) is 0 Å². The minimum Gasteiger partial charge on any atom is -0.336 e. The second kappa shape index (κ2) is 9.41. The van der Waals surface area contributed by atoms with E-state index in [1.165, 1.54) is 18.4 Å². The predicted octanol–water partition coefficient (Wildman–Crippen LogP) is 3.48. The summed E-state index contributed by atoms with van der Waals surface area (Å²) in [7, 11) is -3.49. The molecule has 1 fully saturated rings. The van der Waals surface area contributed by atoms with Crippen molar-refractivity contribution in [2.75, 3.05) is 32.4 Å². The quantitative estimate of drug-likeness (QED) is 0.575. The molecule has 1 aliphatic rings. The number of hydrogen-bond donors (Lipinski definition) is 0. The molecule has 0 bridgehead atoms. The smallest absolute Gasteiger partial charge is 0.255 e. The first-order valence-electron chi connectivity index (χ1n) is 10.7. The van der Waals surface area contributed by atoms with Crippen molar-refractivity contribution in [3.63, 3.8) is 0 Å². The molecule has 172 valence electrons. The van der Waals surface area contributed by atoms with Crippen molar-refractivity contribution in [2.45, 2.75) is 17.9 Å². The van der Waals surface area contributed by atoms with Crippen LogP contribution in [-0.2, 0) is 9.84 Å². The van der Waals surface area contributed by atoms with E-state index >= 15 is 0 Å². The minimum absolute atomic E-state index is 0.0790. The number of amides is 1. The second-order valence-electron chi connectivity index (χ2n) is 8.35. The zero-order valence-corrected chi connectivity index (χ0v) is 19.4. The molecule has 4 rings (SSSR count). The van der Waals surface area contributed by atoms with E-state index in [4.69, 9.17) is 0 Å². The molecule has 2 heterocycles. The molecule has 6 nitrogen and oxygen atoms in total. The Bertz CT molecular complexity index is 1270. The van der Waals surface area contributed by atoms with E-state index in [9.17, 15) is 17.6 Å². The Kier molecular flexibility index (Phi) is 6.58. The topological polar surface area (TPSA) is 70.6 Å². The van der Waals surface area contributed by atoms with Gasteiger partial charge in [0.15, 0.2) is 9.84 Å². The lowest BCUT2D eigenvalue weighted by Gasteiger charge is -2.40. The third-order valence-electron chi connectivity index (χ3n) is 5.87. The SMILES string of the molecule is Cc1cncc(C(=O)N2CCN(C(c3cccc(F)c3)c3ccccc3S(C)(=O)=O)CC2)c1. The fraction of sp³-hybridized carbons (Fsp3) is 0.280. The molecule has 1 unspecified atom stereocenters. The van der Waals surface area contributed by atoms with E-state index in [0.717, 1.165) is 5.56 Å². The highest BCUT2D eigenvalue weighted by Crippen LogP contribution is 2.34.